The first-order chi connectivity index (χ1) is 9.67. The van der Waals surface area contributed by atoms with Gasteiger partial charge in [0.1, 0.15) is 0 Å². The van der Waals surface area contributed by atoms with Crippen molar-refractivity contribution in [1.82, 2.24) is 9.80 Å². The van der Waals surface area contributed by atoms with Gasteiger partial charge in [-0.1, -0.05) is 19.9 Å². The summed E-state index contributed by atoms with van der Waals surface area (Å²) in [7, 11) is 0. The van der Waals surface area contributed by atoms with E-state index in [0.29, 0.717) is 6.04 Å². The van der Waals surface area contributed by atoms with Crippen LogP contribution in [0.5, 0.6) is 0 Å². The third-order valence-corrected chi connectivity index (χ3v) is 4.44. The van der Waals surface area contributed by atoms with Crippen LogP contribution in [-0.4, -0.2) is 42.0 Å². The highest BCUT2D eigenvalue weighted by atomic mass is 15.2. The van der Waals surface area contributed by atoms with Gasteiger partial charge in [-0.25, -0.2) is 0 Å². The fourth-order valence-corrected chi connectivity index (χ4v) is 3.18. The maximum atomic E-state index is 8.92. The Morgan fingerprint density at radius 1 is 1.35 bits per heavy atom. The smallest absolute Gasteiger partial charge is 0.0991 e. The van der Waals surface area contributed by atoms with Crippen LogP contribution >= 0.6 is 0 Å². The van der Waals surface area contributed by atoms with Crippen molar-refractivity contribution in [2.24, 2.45) is 0 Å². The van der Waals surface area contributed by atoms with Gasteiger partial charge in [0.15, 0.2) is 0 Å². The van der Waals surface area contributed by atoms with Crippen LogP contribution in [0, 0.1) is 18.3 Å². The molecule has 2 rings (SSSR count). The van der Waals surface area contributed by atoms with E-state index in [1.54, 1.807) is 0 Å². The molecular formula is C17H25N3. The van der Waals surface area contributed by atoms with Gasteiger partial charge >= 0.3 is 0 Å². The summed E-state index contributed by atoms with van der Waals surface area (Å²) in [5.74, 6) is 0. The maximum Gasteiger partial charge on any atom is 0.0991 e. The number of hydrogen-bond acceptors (Lipinski definition) is 3. The summed E-state index contributed by atoms with van der Waals surface area (Å²) < 4.78 is 0. The predicted octanol–water partition coefficient (Wildman–Crippen LogP) is 2.78. The molecule has 20 heavy (non-hydrogen) atoms. The highest BCUT2D eigenvalue weighted by Gasteiger charge is 2.26. The molecule has 0 spiro atoms. The third-order valence-electron chi connectivity index (χ3n) is 4.44. The van der Waals surface area contributed by atoms with Crippen LogP contribution in [0.1, 0.15) is 37.0 Å². The monoisotopic (exact) mass is 271 g/mol. The Morgan fingerprint density at radius 3 is 2.70 bits per heavy atom. The molecule has 1 unspecified atom stereocenters. The number of rotatable bonds is 5. The second kappa shape index (κ2) is 6.88. The topological polar surface area (TPSA) is 30.3 Å². The summed E-state index contributed by atoms with van der Waals surface area (Å²) in [4.78, 5) is 5.10. The molecule has 0 amide bonds. The quantitative estimate of drug-likeness (QED) is 0.825. The van der Waals surface area contributed by atoms with Crippen LogP contribution in [0.4, 0.5) is 0 Å². The Balaban J connectivity index is 1.97. The van der Waals surface area contributed by atoms with Crippen molar-refractivity contribution in [3.8, 4) is 6.07 Å². The van der Waals surface area contributed by atoms with E-state index in [1.165, 1.54) is 30.6 Å². The fourth-order valence-electron chi connectivity index (χ4n) is 3.18. The minimum Gasteiger partial charge on any atom is -0.300 e. The van der Waals surface area contributed by atoms with Crippen LogP contribution in [0.3, 0.4) is 0 Å². The van der Waals surface area contributed by atoms with Gasteiger partial charge in [0, 0.05) is 25.7 Å². The number of hydrogen-bond donors (Lipinski definition) is 0. The summed E-state index contributed by atoms with van der Waals surface area (Å²) in [6.07, 6.45) is 1.27. The van der Waals surface area contributed by atoms with Crippen LogP contribution in [0.2, 0.25) is 0 Å². The molecule has 0 aromatic heterocycles. The second-order valence-electron chi connectivity index (χ2n) is 5.65. The zero-order valence-electron chi connectivity index (χ0n) is 12.9. The first kappa shape index (κ1) is 15.0. The summed E-state index contributed by atoms with van der Waals surface area (Å²) in [5, 5.41) is 8.92. The highest BCUT2D eigenvalue weighted by Crippen LogP contribution is 2.20. The van der Waals surface area contributed by atoms with Gasteiger partial charge in [-0.3, -0.25) is 9.80 Å². The van der Waals surface area contributed by atoms with Crippen molar-refractivity contribution in [2.75, 3.05) is 26.2 Å². The molecule has 1 fully saturated rings. The van der Waals surface area contributed by atoms with Gasteiger partial charge in [0.25, 0.3) is 0 Å². The van der Waals surface area contributed by atoms with Gasteiger partial charge in [-0.15, -0.1) is 0 Å². The van der Waals surface area contributed by atoms with Crippen LogP contribution < -0.4 is 0 Å². The second-order valence-corrected chi connectivity index (χ2v) is 5.65. The number of nitriles is 1. The molecule has 3 nitrogen and oxygen atoms in total. The zero-order valence-corrected chi connectivity index (χ0v) is 12.9. The Labute approximate surface area is 122 Å². The molecule has 0 N–H and O–H groups in total. The van der Waals surface area contributed by atoms with Crippen molar-refractivity contribution in [2.45, 2.75) is 39.8 Å². The van der Waals surface area contributed by atoms with Crippen molar-refractivity contribution >= 4 is 0 Å². The predicted molar refractivity (Wildman–Crippen MR) is 82.5 cm³/mol. The third kappa shape index (κ3) is 3.39. The maximum absolute atomic E-state index is 8.92. The lowest BCUT2D eigenvalue weighted by Gasteiger charge is -2.26. The van der Waals surface area contributed by atoms with E-state index in [1.807, 2.05) is 12.1 Å². The van der Waals surface area contributed by atoms with Gasteiger partial charge in [-0.05, 0) is 49.7 Å². The average Bonchev–Trinajstić information content (AvgIpc) is 2.91. The number of aryl methyl sites for hydroxylation is 1. The SMILES string of the molecule is CCN(CC)C1CCN(Cc2ccc(C#N)cc2C)C1. The van der Waals surface area contributed by atoms with E-state index in [2.05, 4.69) is 42.7 Å². The number of likely N-dealkylation sites (N-methyl/N-ethyl adjacent to an activating group) is 1. The van der Waals surface area contributed by atoms with Crippen LogP contribution in [0.25, 0.3) is 0 Å². The van der Waals surface area contributed by atoms with Crippen molar-refractivity contribution in [3.63, 3.8) is 0 Å². The molecule has 108 valence electrons. The van der Waals surface area contributed by atoms with Gasteiger partial charge in [-0.2, -0.15) is 5.26 Å². The number of benzene rings is 1. The summed E-state index contributed by atoms with van der Waals surface area (Å²) >= 11 is 0. The molecule has 0 radical (unpaired) electrons. The lowest BCUT2D eigenvalue weighted by Crippen LogP contribution is -2.37. The molecule has 1 aromatic carbocycles. The van der Waals surface area contributed by atoms with Crippen molar-refractivity contribution < 1.29 is 0 Å². The van der Waals surface area contributed by atoms with Gasteiger partial charge < -0.3 is 0 Å². The minimum atomic E-state index is 0.712. The first-order valence-electron chi connectivity index (χ1n) is 7.64. The molecular weight excluding hydrogens is 246 g/mol. The molecule has 3 heteroatoms. The molecule has 1 saturated heterocycles. The molecule has 1 aliphatic heterocycles. The van der Waals surface area contributed by atoms with Crippen molar-refractivity contribution in [1.29, 1.82) is 5.26 Å². The Kier molecular flexibility index (Phi) is 5.17. The van der Waals surface area contributed by atoms with E-state index in [4.69, 9.17) is 5.26 Å². The lowest BCUT2D eigenvalue weighted by molar-refractivity contribution is 0.209. The fraction of sp³-hybridized carbons (Fsp3) is 0.588. The van der Waals surface area contributed by atoms with E-state index in [9.17, 15) is 0 Å². The number of nitrogens with zero attached hydrogens (tertiary/aromatic N) is 3. The molecule has 0 aliphatic carbocycles. The average molecular weight is 271 g/mol. The van der Waals surface area contributed by atoms with Crippen molar-refractivity contribution in [3.05, 3.63) is 34.9 Å². The largest absolute Gasteiger partial charge is 0.300 e. The molecule has 1 atom stereocenters. The number of likely N-dealkylation sites (tertiary alicyclic amines) is 1. The summed E-state index contributed by atoms with van der Waals surface area (Å²) in [5.41, 5.74) is 3.34. The van der Waals surface area contributed by atoms with Crippen LogP contribution in [-0.2, 0) is 6.54 Å². The molecule has 0 bridgehead atoms. The summed E-state index contributed by atoms with van der Waals surface area (Å²) in [6, 6.07) is 8.95. The summed E-state index contributed by atoms with van der Waals surface area (Å²) in [6.45, 7) is 12.2. The molecule has 1 heterocycles. The zero-order chi connectivity index (χ0) is 14.5. The lowest BCUT2D eigenvalue weighted by atomic mass is 10.1. The highest BCUT2D eigenvalue weighted by molar-refractivity contribution is 5.37. The van der Waals surface area contributed by atoms with E-state index < -0.39 is 0 Å². The molecule has 0 saturated carbocycles. The van der Waals surface area contributed by atoms with Crippen LogP contribution in [0.15, 0.2) is 18.2 Å². The normalized spacial score (nSPS) is 19.4. The van der Waals surface area contributed by atoms with Gasteiger partial charge in [0.2, 0.25) is 0 Å². The molecule has 1 aromatic rings. The van der Waals surface area contributed by atoms with Gasteiger partial charge in [0.05, 0.1) is 11.6 Å². The van der Waals surface area contributed by atoms with E-state index >= 15 is 0 Å². The Hall–Kier alpha value is -1.37. The first-order valence-corrected chi connectivity index (χ1v) is 7.64. The minimum absolute atomic E-state index is 0.712. The van der Waals surface area contributed by atoms with E-state index in [0.717, 1.165) is 25.2 Å². The Morgan fingerprint density at radius 2 is 2.10 bits per heavy atom. The standard InChI is InChI=1S/C17H25N3/c1-4-20(5-2)17-8-9-19(13-17)12-16-7-6-15(11-18)10-14(16)3/h6-7,10,17H,4-5,8-9,12-13H2,1-3H3. The molecule has 1 aliphatic rings. The van der Waals surface area contributed by atoms with E-state index in [-0.39, 0.29) is 0 Å². The Bertz CT molecular complexity index is 485.